The first kappa shape index (κ1) is 30.7. The average Bonchev–Trinajstić information content (AvgIpc) is 2.77. The molecule has 0 aliphatic carbocycles. The maximum absolute atomic E-state index is 14.0. The number of nitrogens with two attached hydrogens (primary N) is 1. The molecular formula is C27H42N4O5. The van der Waals surface area contributed by atoms with E-state index in [1.807, 2.05) is 33.8 Å². The summed E-state index contributed by atoms with van der Waals surface area (Å²) >= 11 is 0. The van der Waals surface area contributed by atoms with Crippen LogP contribution in [-0.4, -0.2) is 52.4 Å². The van der Waals surface area contributed by atoms with E-state index in [9.17, 15) is 19.2 Å². The van der Waals surface area contributed by atoms with E-state index in [0.29, 0.717) is 12.0 Å². The van der Waals surface area contributed by atoms with Gasteiger partial charge in [-0.1, -0.05) is 37.8 Å². The summed E-state index contributed by atoms with van der Waals surface area (Å²) in [4.78, 5) is 53.1. The molecule has 0 bridgehead atoms. The summed E-state index contributed by atoms with van der Waals surface area (Å²) in [6, 6.07) is 4.59. The molecule has 1 aromatic carbocycles. The lowest BCUT2D eigenvalue weighted by Gasteiger charge is -2.38. The molecular weight excluding hydrogens is 460 g/mol. The Morgan fingerprint density at radius 3 is 2.28 bits per heavy atom. The van der Waals surface area contributed by atoms with E-state index in [4.69, 9.17) is 10.5 Å². The second kappa shape index (κ2) is 13.7. The van der Waals surface area contributed by atoms with Gasteiger partial charge in [0.15, 0.2) is 0 Å². The van der Waals surface area contributed by atoms with Gasteiger partial charge in [-0.25, -0.2) is 4.79 Å². The molecule has 0 radical (unpaired) electrons. The molecule has 0 heterocycles. The van der Waals surface area contributed by atoms with Gasteiger partial charge in [0.25, 0.3) is 0 Å². The molecule has 0 saturated carbocycles. The van der Waals surface area contributed by atoms with Gasteiger partial charge in [0.2, 0.25) is 17.7 Å². The number of alkyl carbamates (subject to hydrolysis) is 1. The molecule has 1 rings (SSSR count). The van der Waals surface area contributed by atoms with E-state index >= 15 is 0 Å². The van der Waals surface area contributed by atoms with Crippen molar-refractivity contribution < 1.29 is 23.9 Å². The Bertz CT molecular complexity index is 938. The molecule has 0 fully saturated rings. The Kier molecular flexibility index (Phi) is 11.6. The molecule has 3 unspecified atom stereocenters. The molecule has 1 aromatic rings. The number of hydrogen-bond donors (Lipinski definition) is 3. The van der Waals surface area contributed by atoms with Crippen molar-refractivity contribution in [2.24, 2.45) is 5.73 Å². The largest absolute Gasteiger partial charge is 0.444 e. The molecule has 36 heavy (non-hydrogen) atoms. The number of primary amides is 1. The molecule has 0 aromatic heterocycles. The molecule has 4 N–H and O–H groups in total. The summed E-state index contributed by atoms with van der Waals surface area (Å²) in [5.74, 6) is -1.48. The van der Waals surface area contributed by atoms with Crippen LogP contribution in [0.4, 0.5) is 4.79 Å². The van der Waals surface area contributed by atoms with E-state index in [1.54, 1.807) is 45.0 Å². The Labute approximate surface area is 214 Å². The topological polar surface area (TPSA) is 131 Å². The fraction of sp³-hybridized carbons (Fsp3) is 0.556. The molecule has 3 atom stereocenters. The quantitative estimate of drug-likeness (QED) is 0.401. The van der Waals surface area contributed by atoms with Crippen molar-refractivity contribution in [3.63, 3.8) is 0 Å². The standard InChI is InChI=1S/C27H42N4O5/c1-9-18(5)31(23(24(33)29-17(3)4)20-13-11-12-19(10-2)16-20)25(34)21(14-15-22(28)32)30-26(35)36-27(6,7)8/h10-13,16-18,21,23H,2,9,14-15H2,1,3-8H3,(H2,28,32)(H,29,33)(H,30,35). The van der Waals surface area contributed by atoms with Crippen LogP contribution >= 0.6 is 0 Å². The third-order valence-electron chi connectivity index (χ3n) is 5.41. The number of carbonyl (C=O) groups is 4. The molecule has 0 saturated heterocycles. The van der Waals surface area contributed by atoms with Crippen molar-refractivity contribution in [2.45, 2.75) is 97.5 Å². The summed E-state index contributed by atoms with van der Waals surface area (Å²) in [6.07, 6.45) is 1.25. The Morgan fingerprint density at radius 1 is 1.14 bits per heavy atom. The highest BCUT2D eigenvalue weighted by molar-refractivity contribution is 5.93. The fourth-order valence-electron chi connectivity index (χ4n) is 3.63. The van der Waals surface area contributed by atoms with Crippen LogP contribution in [0.1, 0.15) is 84.9 Å². The van der Waals surface area contributed by atoms with E-state index < -0.39 is 35.6 Å². The third-order valence-corrected chi connectivity index (χ3v) is 5.41. The van der Waals surface area contributed by atoms with Crippen molar-refractivity contribution in [1.29, 1.82) is 0 Å². The van der Waals surface area contributed by atoms with Gasteiger partial charge in [-0.15, -0.1) is 0 Å². The maximum atomic E-state index is 14.0. The van der Waals surface area contributed by atoms with Gasteiger partial charge in [0.1, 0.15) is 17.7 Å². The van der Waals surface area contributed by atoms with Crippen molar-refractivity contribution in [1.82, 2.24) is 15.5 Å². The first-order valence-corrected chi connectivity index (χ1v) is 12.3. The van der Waals surface area contributed by atoms with E-state index in [0.717, 1.165) is 5.56 Å². The Balaban J connectivity index is 3.58. The number of ether oxygens (including phenoxy) is 1. The fourth-order valence-corrected chi connectivity index (χ4v) is 3.63. The van der Waals surface area contributed by atoms with Crippen LogP contribution in [0, 0.1) is 0 Å². The number of rotatable bonds is 12. The number of hydrogen-bond acceptors (Lipinski definition) is 5. The average molecular weight is 503 g/mol. The van der Waals surface area contributed by atoms with Gasteiger partial charge in [0.05, 0.1) is 0 Å². The van der Waals surface area contributed by atoms with Crippen LogP contribution in [0.15, 0.2) is 30.8 Å². The number of benzene rings is 1. The lowest BCUT2D eigenvalue weighted by molar-refractivity contribution is -0.145. The van der Waals surface area contributed by atoms with Gasteiger partial charge in [-0.3, -0.25) is 14.4 Å². The van der Waals surface area contributed by atoms with E-state index in [-0.39, 0.29) is 30.8 Å². The van der Waals surface area contributed by atoms with Crippen LogP contribution in [0.25, 0.3) is 6.08 Å². The predicted molar refractivity (Wildman–Crippen MR) is 141 cm³/mol. The minimum absolute atomic E-state index is 0.0361. The second-order valence-corrected chi connectivity index (χ2v) is 10.1. The van der Waals surface area contributed by atoms with E-state index in [1.165, 1.54) is 4.90 Å². The van der Waals surface area contributed by atoms with Crippen molar-refractivity contribution >= 4 is 29.9 Å². The van der Waals surface area contributed by atoms with Crippen LogP contribution in [0.5, 0.6) is 0 Å². The van der Waals surface area contributed by atoms with Gasteiger partial charge in [-0.2, -0.15) is 0 Å². The van der Waals surface area contributed by atoms with Crippen molar-refractivity contribution in [2.75, 3.05) is 0 Å². The summed E-state index contributed by atoms with van der Waals surface area (Å²) in [6.45, 7) is 16.3. The maximum Gasteiger partial charge on any atom is 0.408 e. The van der Waals surface area contributed by atoms with Crippen molar-refractivity contribution in [3.05, 3.63) is 42.0 Å². The highest BCUT2D eigenvalue weighted by Crippen LogP contribution is 2.28. The SMILES string of the molecule is C=Cc1cccc(C(C(=O)NC(C)C)N(C(=O)C(CCC(N)=O)NC(=O)OC(C)(C)C)C(C)CC)c1. The zero-order chi connectivity index (χ0) is 27.6. The Morgan fingerprint density at radius 2 is 1.78 bits per heavy atom. The van der Waals surface area contributed by atoms with Crippen LogP contribution in [0.3, 0.4) is 0 Å². The number of nitrogens with zero attached hydrogens (tertiary/aromatic N) is 1. The van der Waals surface area contributed by atoms with Gasteiger partial charge in [-0.05, 0) is 71.6 Å². The van der Waals surface area contributed by atoms with Crippen LogP contribution in [0.2, 0.25) is 0 Å². The normalized spacial score (nSPS) is 13.8. The lowest BCUT2D eigenvalue weighted by Crippen LogP contribution is -2.56. The minimum atomic E-state index is -1.13. The highest BCUT2D eigenvalue weighted by Gasteiger charge is 2.38. The highest BCUT2D eigenvalue weighted by atomic mass is 16.6. The third kappa shape index (κ3) is 9.71. The predicted octanol–water partition coefficient (Wildman–Crippen LogP) is 3.68. The minimum Gasteiger partial charge on any atom is -0.444 e. The number of nitrogens with one attached hydrogen (secondary N) is 2. The first-order valence-electron chi connectivity index (χ1n) is 12.3. The van der Waals surface area contributed by atoms with Crippen LogP contribution < -0.4 is 16.4 Å². The molecule has 4 amide bonds. The second-order valence-electron chi connectivity index (χ2n) is 10.1. The zero-order valence-electron chi connectivity index (χ0n) is 22.6. The first-order chi connectivity index (χ1) is 16.7. The van der Waals surface area contributed by atoms with Gasteiger partial charge in [0, 0.05) is 18.5 Å². The summed E-state index contributed by atoms with van der Waals surface area (Å²) in [5.41, 5.74) is 5.95. The lowest BCUT2D eigenvalue weighted by atomic mass is 9.97. The van der Waals surface area contributed by atoms with E-state index in [2.05, 4.69) is 17.2 Å². The monoisotopic (exact) mass is 502 g/mol. The van der Waals surface area contributed by atoms with Gasteiger partial charge < -0.3 is 26.0 Å². The molecule has 9 nitrogen and oxygen atoms in total. The zero-order valence-corrected chi connectivity index (χ0v) is 22.6. The van der Waals surface area contributed by atoms with Gasteiger partial charge >= 0.3 is 6.09 Å². The summed E-state index contributed by atoms with van der Waals surface area (Å²) in [5, 5.41) is 5.50. The molecule has 0 aliphatic heterocycles. The van der Waals surface area contributed by atoms with Crippen LogP contribution in [-0.2, 0) is 19.1 Å². The molecule has 200 valence electrons. The molecule has 0 aliphatic rings. The molecule has 0 spiro atoms. The summed E-state index contributed by atoms with van der Waals surface area (Å²) < 4.78 is 5.34. The Hall–Kier alpha value is -3.36. The van der Waals surface area contributed by atoms with Crippen molar-refractivity contribution in [3.8, 4) is 0 Å². The molecule has 9 heteroatoms. The number of amides is 4. The number of carbonyl (C=O) groups excluding carboxylic acids is 4. The smallest absolute Gasteiger partial charge is 0.408 e. The summed E-state index contributed by atoms with van der Waals surface area (Å²) in [7, 11) is 0.